The first-order valence-electron chi connectivity index (χ1n) is 6.25. The van der Waals surface area contributed by atoms with Crippen LogP contribution in [0.15, 0.2) is 24.3 Å². The summed E-state index contributed by atoms with van der Waals surface area (Å²) in [5, 5.41) is 1.26. The molecule has 0 spiro atoms. The fraction of sp³-hybridized carbons (Fsp3) is 0.400. The lowest BCUT2D eigenvalue weighted by molar-refractivity contribution is 0.724. The average Bonchev–Trinajstić information content (AvgIpc) is 2.28. The second kappa shape index (κ2) is 4.84. The van der Waals surface area contributed by atoms with Crippen molar-refractivity contribution in [3.05, 3.63) is 41.1 Å². The lowest BCUT2D eigenvalue weighted by Gasteiger charge is -2.09. The predicted molar refractivity (Wildman–Crippen MR) is 73.2 cm³/mol. The van der Waals surface area contributed by atoms with Gasteiger partial charge in [0.05, 0.1) is 5.52 Å². The van der Waals surface area contributed by atoms with Gasteiger partial charge in [0, 0.05) is 23.5 Å². The first kappa shape index (κ1) is 12.1. The maximum Gasteiger partial charge on any atom is 0.0708 e. The molecule has 90 valence electrons. The van der Waals surface area contributed by atoms with Crippen LogP contribution in [0.3, 0.4) is 0 Å². The van der Waals surface area contributed by atoms with E-state index in [-0.39, 0.29) is 6.04 Å². The number of hydrogen-bond donors (Lipinski definition) is 1. The van der Waals surface area contributed by atoms with Crippen molar-refractivity contribution in [3.8, 4) is 0 Å². The Balaban J connectivity index is 2.51. The molecule has 0 aliphatic carbocycles. The highest BCUT2D eigenvalue weighted by Gasteiger charge is 2.05. The molecule has 2 nitrogen and oxygen atoms in total. The molecule has 0 aliphatic heterocycles. The van der Waals surface area contributed by atoms with Crippen molar-refractivity contribution in [1.82, 2.24) is 4.98 Å². The van der Waals surface area contributed by atoms with E-state index in [4.69, 9.17) is 5.73 Å². The Morgan fingerprint density at radius 1 is 1.29 bits per heavy atom. The van der Waals surface area contributed by atoms with E-state index in [1.165, 1.54) is 16.5 Å². The van der Waals surface area contributed by atoms with Crippen molar-refractivity contribution < 1.29 is 0 Å². The van der Waals surface area contributed by atoms with Crippen LogP contribution in [0.1, 0.15) is 30.7 Å². The third-order valence-electron chi connectivity index (χ3n) is 3.07. The maximum absolute atomic E-state index is 5.82. The molecule has 17 heavy (non-hydrogen) atoms. The Labute approximate surface area is 103 Å². The molecule has 0 saturated carbocycles. The van der Waals surface area contributed by atoms with Crippen molar-refractivity contribution >= 4 is 10.9 Å². The van der Waals surface area contributed by atoms with Gasteiger partial charge in [0.1, 0.15) is 0 Å². The molecule has 1 heterocycles. The maximum atomic E-state index is 5.82. The molecular formula is C15H20N2. The number of fused-ring (bicyclic) bond motifs is 1. The minimum Gasteiger partial charge on any atom is -0.328 e. The van der Waals surface area contributed by atoms with Gasteiger partial charge in [-0.05, 0) is 49.6 Å². The van der Waals surface area contributed by atoms with E-state index in [0.717, 1.165) is 24.1 Å². The summed E-state index contributed by atoms with van der Waals surface area (Å²) >= 11 is 0. The zero-order valence-electron chi connectivity index (χ0n) is 10.8. The minimum absolute atomic E-state index is 0.161. The molecule has 0 aliphatic rings. The molecule has 0 fully saturated rings. The standard InChI is InChI=1S/C15H20N2/c1-4-12-5-6-15-14(9-12)10(2)7-13(17-15)8-11(3)16/h5-7,9,11H,4,8,16H2,1-3H3. The molecule has 2 rings (SSSR count). The van der Waals surface area contributed by atoms with E-state index in [1.807, 2.05) is 6.92 Å². The Morgan fingerprint density at radius 2 is 2.06 bits per heavy atom. The third kappa shape index (κ3) is 2.64. The highest BCUT2D eigenvalue weighted by atomic mass is 14.7. The smallest absolute Gasteiger partial charge is 0.0708 e. The lowest BCUT2D eigenvalue weighted by atomic mass is 10.0. The van der Waals surface area contributed by atoms with Crippen molar-refractivity contribution in [1.29, 1.82) is 0 Å². The first-order chi connectivity index (χ1) is 8.10. The van der Waals surface area contributed by atoms with Crippen LogP contribution in [-0.4, -0.2) is 11.0 Å². The fourth-order valence-electron chi connectivity index (χ4n) is 2.17. The van der Waals surface area contributed by atoms with Gasteiger partial charge in [-0.2, -0.15) is 0 Å². The monoisotopic (exact) mass is 228 g/mol. The van der Waals surface area contributed by atoms with Gasteiger partial charge in [0.2, 0.25) is 0 Å². The van der Waals surface area contributed by atoms with Gasteiger partial charge >= 0.3 is 0 Å². The number of rotatable bonds is 3. The molecule has 0 bridgehead atoms. The van der Waals surface area contributed by atoms with Crippen LogP contribution in [0, 0.1) is 6.92 Å². The van der Waals surface area contributed by atoms with E-state index in [2.05, 4.69) is 43.1 Å². The SMILES string of the molecule is CCc1ccc2nc(CC(C)N)cc(C)c2c1. The van der Waals surface area contributed by atoms with E-state index in [0.29, 0.717) is 0 Å². The number of nitrogens with zero attached hydrogens (tertiary/aromatic N) is 1. The molecule has 2 N–H and O–H groups in total. The summed E-state index contributed by atoms with van der Waals surface area (Å²) in [6.07, 6.45) is 1.91. The molecule has 1 aromatic carbocycles. The minimum atomic E-state index is 0.161. The largest absolute Gasteiger partial charge is 0.328 e. The van der Waals surface area contributed by atoms with Crippen molar-refractivity contribution in [2.45, 2.75) is 39.7 Å². The van der Waals surface area contributed by atoms with Gasteiger partial charge in [-0.1, -0.05) is 13.0 Å². The summed E-state index contributed by atoms with van der Waals surface area (Å²) in [4.78, 5) is 4.67. The van der Waals surface area contributed by atoms with E-state index < -0.39 is 0 Å². The molecule has 1 aromatic heterocycles. The summed E-state index contributed by atoms with van der Waals surface area (Å²) in [5.74, 6) is 0. The zero-order chi connectivity index (χ0) is 12.4. The van der Waals surface area contributed by atoms with Crippen molar-refractivity contribution in [2.75, 3.05) is 0 Å². The lowest BCUT2D eigenvalue weighted by Crippen LogP contribution is -2.18. The van der Waals surface area contributed by atoms with Gasteiger partial charge < -0.3 is 5.73 Å². The predicted octanol–water partition coefficient (Wildman–Crippen LogP) is 3.00. The number of nitrogens with two attached hydrogens (primary N) is 1. The van der Waals surface area contributed by atoms with Gasteiger partial charge in [0.25, 0.3) is 0 Å². The quantitative estimate of drug-likeness (QED) is 0.877. The summed E-state index contributed by atoms with van der Waals surface area (Å²) in [6.45, 7) is 6.34. The van der Waals surface area contributed by atoms with Gasteiger partial charge in [-0.15, -0.1) is 0 Å². The molecule has 0 radical (unpaired) electrons. The number of pyridine rings is 1. The van der Waals surface area contributed by atoms with Crippen LogP contribution in [0.25, 0.3) is 10.9 Å². The van der Waals surface area contributed by atoms with Gasteiger partial charge in [-0.3, -0.25) is 4.98 Å². The van der Waals surface area contributed by atoms with Crippen LogP contribution in [0.2, 0.25) is 0 Å². The van der Waals surface area contributed by atoms with Crippen LogP contribution < -0.4 is 5.73 Å². The topological polar surface area (TPSA) is 38.9 Å². The Kier molecular flexibility index (Phi) is 3.43. The second-order valence-electron chi connectivity index (χ2n) is 4.82. The molecule has 1 unspecified atom stereocenters. The molecule has 2 aromatic rings. The van der Waals surface area contributed by atoms with E-state index in [1.54, 1.807) is 0 Å². The van der Waals surface area contributed by atoms with Gasteiger partial charge in [-0.25, -0.2) is 0 Å². The highest BCUT2D eigenvalue weighted by Crippen LogP contribution is 2.20. The van der Waals surface area contributed by atoms with Crippen LogP contribution in [0.4, 0.5) is 0 Å². The Bertz CT molecular complexity index is 530. The van der Waals surface area contributed by atoms with Crippen LogP contribution in [-0.2, 0) is 12.8 Å². The molecule has 2 heteroatoms. The summed E-state index contributed by atoms with van der Waals surface area (Å²) in [5.41, 5.74) is 10.7. The van der Waals surface area contributed by atoms with Crippen molar-refractivity contribution in [2.24, 2.45) is 5.73 Å². The molecule has 0 saturated heterocycles. The average molecular weight is 228 g/mol. The number of aryl methyl sites for hydroxylation is 2. The molecule has 0 amide bonds. The zero-order valence-corrected chi connectivity index (χ0v) is 10.8. The fourth-order valence-corrected chi connectivity index (χ4v) is 2.17. The van der Waals surface area contributed by atoms with Crippen LogP contribution in [0.5, 0.6) is 0 Å². The number of hydrogen-bond acceptors (Lipinski definition) is 2. The molecular weight excluding hydrogens is 208 g/mol. The molecule has 1 atom stereocenters. The summed E-state index contributed by atoms with van der Waals surface area (Å²) in [6, 6.07) is 8.84. The first-order valence-corrected chi connectivity index (χ1v) is 6.25. The third-order valence-corrected chi connectivity index (χ3v) is 3.07. The number of aromatic nitrogens is 1. The number of benzene rings is 1. The Hall–Kier alpha value is -1.41. The van der Waals surface area contributed by atoms with E-state index >= 15 is 0 Å². The highest BCUT2D eigenvalue weighted by molar-refractivity contribution is 5.82. The van der Waals surface area contributed by atoms with Crippen molar-refractivity contribution in [3.63, 3.8) is 0 Å². The Morgan fingerprint density at radius 3 is 2.71 bits per heavy atom. The van der Waals surface area contributed by atoms with E-state index in [9.17, 15) is 0 Å². The second-order valence-corrected chi connectivity index (χ2v) is 4.82. The van der Waals surface area contributed by atoms with Gasteiger partial charge in [0.15, 0.2) is 0 Å². The summed E-state index contributed by atoms with van der Waals surface area (Å²) < 4.78 is 0. The summed E-state index contributed by atoms with van der Waals surface area (Å²) in [7, 11) is 0. The van der Waals surface area contributed by atoms with Crippen LogP contribution >= 0.6 is 0 Å². The normalized spacial score (nSPS) is 12.9.